The minimum absolute atomic E-state index is 0.0210. The first-order chi connectivity index (χ1) is 20.4. The Hall–Kier alpha value is -3.23. The van der Waals surface area contributed by atoms with E-state index in [4.69, 9.17) is 30.0 Å². The molecule has 0 bridgehead atoms. The van der Waals surface area contributed by atoms with Gasteiger partial charge in [0, 0.05) is 23.7 Å². The number of ether oxygens (including phenoxy) is 2. The Morgan fingerprint density at radius 3 is 2.72 bits per heavy atom. The number of aromatic nitrogens is 2. The summed E-state index contributed by atoms with van der Waals surface area (Å²) in [6, 6.07) is 0. The average Bonchev–Trinajstić information content (AvgIpc) is 3.23. The second kappa shape index (κ2) is 17.8. The Morgan fingerprint density at radius 2 is 2.05 bits per heavy atom. The minimum Gasteiger partial charge on any atom is -0.479 e. The second-order valence-electron chi connectivity index (χ2n) is 10.4. The number of nitrogen functional groups attached to an aromatic ring is 2. The molecule has 1 aliphatic rings. The van der Waals surface area contributed by atoms with Crippen molar-refractivity contribution in [3.8, 4) is 17.7 Å². The Bertz CT molecular complexity index is 1300. The lowest BCUT2D eigenvalue weighted by Gasteiger charge is -2.21. The van der Waals surface area contributed by atoms with Gasteiger partial charge >= 0.3 is 7.60 Å². The molecule has 0 aromatic carbocycles. The molecule has 0 amide bonds. The number of carbonyl (C=O) groups excluding carboxylic acids is 1. The van der Waals surface area contributed by atoms with Crippen molar-refractivity contribution in [1.82, 2.24) is 9.97 Å². The van der Waals surface area contributed by atoms with E-state index in [0.717, 1.165) is 24.6 Å². The van der Waals surface area contributed by atoms with E-state index in [1.165, 1.54) is 7.11 Å². The molecule has 0 aliphatic heterocycles. The van der Waals surface area contributed by atoms with Gasteiger partial charge in [0.05, 0.1) is 20.3 Å². The lowest BCUT2D eigenvalue weighted by molar-refractivity contribution is -0.117. The van der Waals surface area contributed by atoms with E-state index in [0.29, 0.717) is 30.4 Å². The van der Waals surface area contributed by atoms with E-state index < -0.39 is 13.0 Å². The van der Waals surface area contributed by atoms with Crippen LogP contribution in [0.15, 0.2) is 48.9 Å². The van der Waals surface area contributed by atoms with Crippen LogP contribution in [0, 0.1) is 23.2 Å². The topological polar surface area (TPSA) is 152 Å². The summed E-state index contributed by atoms with van der Waals surface area (Å²) >= 11 is 1.15. The van der Waals surface area contributed by atoms with E-state index >= 15 is 0 Å². The third-order valence-corrected chi connectivity index (χ3v) is 8.72. The molecular formula is C30H44N5O6PS. The summed E-state index contributed by atoms with van der Waals surface area (Å²) in [6.07, 6.45) is 12.6. The lowest BCUT2D eigenvalue weighted by Crippen LogP contribution is -2.20. The molecule has 0 fully saturated rings. The Balaban J connectivity index is 1.97. The van der Waals surface area contributed by atoms with Gasteiger partial charge < -0.3 is 30.4 Å². The van der Waals surface area contributed by atoms with Crippen LogP contribution < -0.4 is 21.1 Å². The van der Waals surface area contributed by atoms with Gasteiger partial charge in [0.25, 0.3) is 0 Å². The molecule has 1 aromatic rings. The standard InChI is InChI=1S/C30H44N5O6PS/c1-7-23(14-13-18-35(8-2)26-25(31)27(38-6)34-29(32)33-26)17-19-39-22-42(37,41-24-15-11-9-10-12-16-24)40-20-21-43-28(36)30(3,4)5/h8-9,11-12,15-16,23H,2,7,10,17-22,31H2,1,3-6H3,(H2,32,33,34). The monoisotopic (exact) mass is 633 g/mol. The normalized spacial score (nSPS) is 14.9. The summed E-state index contributed by atoms with van der Waals surface area (Å²) < 4.78 is 36.1. The molecular weight excluding hydrogens is 589 g/mol. The zero-order valence-electron chi connectivity index (χ0n) is 25.7. The quantitative estimate of drug-likeness (QED) is 0.126. The second-order valence-corrected chi connectivity index (χ2v) is 13.4. The smallest absolute Gasteiger partial charge is 0.404 e. The molecule has 236 valence electrons. The van der Waals surface area contributed by atoms with Crippen molar-refractivity contribution in [2.45, 2.75) is 47.0 Å². The van der Waals surface area contributed by atoms with Gasteiger partial charge in [-0.3, -0.25) is 9.32 Å². The van der Waals surface area contributed by atoms with Gasteiger partial charge in [-0.2, -0.15) is 9.97 Å². The predicted octanol–water partition coefficient (Wildman–Crippen LogP) is 5.93. The van der Waals surface area contributed by atoms with Crippen LogP contribution in [-0.4, -0.2) is 54.1 Å². The van der Waals surface area contributed by atoms with Gasteiger partial charge in [0.15, 0.2) is 17.3 Å². The number of carbonyl (C=O) groups is 1. The van der Waals surface area contributed by atoms with Gasteiger partial charge in [0.2, 0.25) is 11.8 Å². The number of nitrogens with zero attached hydrogens (tertiary/aromatic N) is 3. The average molecular weight is 634 g/mol. The minimum atomic E-state index is -3.66. The highest BCUT2D eigenvalue weighted by Crippen LogP contribution is 2.50. The molecule has 11 nitrogen and oxygen atoms in total. The molecule has 0 saturated carbocycles. The molecule has 0 radical (unpaired) electrons. The Morgan fingerprint density at radius 1 is 1.28 bits per heavy atom. The number of anilines is 3. The highest BCUT2D eigenvalue weighted by atomic mass is 32.2. The largest absolute Gasteiger partial charge is 0.479 e. The van der Waals surface area contributed by atoms with Crippen molar-refractivity contribution >= 4 is 41.9 Å². The third-order valence-electron chi connectivity index (χ3n) is 5.91. The van der Waals surface area contributed by atoms with Crippen molar-refractivity contribution in [2.75, 3.05) is 55.3 Å². The van der Waals surface area contributed by atoms with Crippen LogP contribution in [0.1, 0.15) is 47.0 Å². The molecule has 4 N–H and O–H groups in total. The van der Waals surface area contributed by atoms with Gasteiger partial charge in [-0.15, -0.1) is 0 Å². The molecule has 1 aromatic heterocycles. The van der Waals surface area contributed by atoms with Gasteiger partial charge in [-0.05, 0) is 37.6 Å². The van der Waals surface area contributed by atoms with E-state index in [2.05, 4.69) is 28.4 Å². The van der Waals surface area contributed by atoms with Crippen molar-refractivity contribution < 1.29 is 27.9 Å². The zero-order chi connectivity index (χ0) is 31.9. The fourth-order valence-electron chi connectivity index (χ4n) is 3.51. The molecule has 0 saturated heterocycles. The van der Waals surface area contributed by atoms with E-state index in [1.807, 2.05) is 45.9 Å². The molecule has 2 rings (SSSR count). The number of nitrogens with two attached hydrogens (primary N) is 2. The van der Waals surface area contributed by atoms with E-state index in [1.54, 1.807) is 23.3 Å². The first-order valence-electron chi connectivity index (χ1n) is 14.0. The molecule has 1 heterocycles. The maximum Gasteiger partial charge on any atom is 0.404 e. The number of thioether (sulfide) groups is 1. The number of hydrogen-bond donors (Lipinski definition) is 2. The highest BCUT2D eigenvalue weighted by molar-refractivity contribution is 8.13. The molecule has 43 heavy (non-hydrogen) atoms. The maximum absolute atomic E-state index is 13.6. The molecule has 0 spiro atoms. The number of allylic oxidation sites excluding steroid dienone is 5. The summed E-state index contributed by atoms with van der Waals surface area (Å²) in [5.74, 6) is 7.74. The highest BCUT2D eigenvalue weighted by Gasteiger charge is 2.28. The van der Waals surface area contributed by atoms with Crippen LogP contribution in [0.3, 0.4) is 0 Å². The van der Waals surface area contributed by atoms with E-state index in [-0.39, 0.29) is 48.0 Å². The zero-order valence-corrected chi connectivity index (χ0v) is 27.4. The van der Waals surface area contributed by atoms with Crippen molar-refractivity contribution in [1.29, 1.82) is 0 Å². The Kier molecular flexibility index (Phi) is 14.9. The number of hydrogen-bond acceptors (Lipinski definition) is 12. The number of rotatable bonds is 16. The fraction of sp³-hybridized carbons (Fsp3) is 0.500. The van der Waals surface area contributed by atoms with Gasteiger partial charge in [0.1, 0.15) is 11.4 Å². The molecule has 2 atom stereocenters. The summed E-state index contributed by atoms with van der Waals surface area (Å²) in [6.45, 7) is 12.1. The SMILES string of the molecule is C=CN(CC#CC(CC)CCOCP(=O)(OCCSC(=O)C(C)(C)C)OC1=CC=CCC=C1)c1nc(N)nc(OC)c1N. The summed E-state index contributed by atoms with van der Waals surface area (Å²) in [4.78, 5) is 22.0. The maximum atomic E-state index is 13.6. The first kappa shape index (κ1) is 36.0. The van der Waals surface area contributed by atoms with Gasteiger partial charge in [-0.1, -0.05) is 76.1 Å². The number of methoxy groups -OCH3 is 1. The summed E-state index contributed by atoms with van der Waals surface area (Å²) in [7, 11) is -2.21. The first-order valence-corrected chi connectivity index (χ1v) is 16.7. The summed E-state index contributed by atoms with van der Waals surface area (Å²) in [5, 5.41) is 0.0370. The predicted molar refractivity (Wildman–Crippen MR) is 174 cm³/mol. The third kappa shape index (κ3) is 12.5. The fourth-order valence-corrected chi connectivity index (χ4v) is 5.76. The van der Waals surface area contributed by atoms with Crippen LogP contribution in [0.5, 0.6) is 5.88 Å². The summed E-state index contributed by atoms with van der Waals surface area (Å²) in [5.41, 5.74) is 11.7. The van der Waals surface area contributed by atoms with Gasteiger partial charge in [-0.25, -0.2) is 4.57 Å². The van der Waals surface area contributed by atoms with Crippen LogP contribution >= 0.6 is 19.4 Å². The van der Waals surface area contributed by atoms with Crippen LogP contribution in [0.4, 0.5) is 17.5 Å². The molecule has 2 unspecified atom stereocenters. The van der Waals surface area contributed by atoms with E-state index in [9.17, 15) is 9.36 Å². The molecule has 1 aliphatic carbocycles. The van der Waals surface area contributed by atoms with Crippen molar-refractivity contribution in [3.05, 3.63) is 48.9 Å². The van der Waals surface area contributed by atoms with Crippen LogP contribution in [0.2, 0.25) is 0 Å². The van der Waals surface area contributed by atoms with Crippen LogP contribution in [-0.2, 0) is 23.1 Å². The van der Waals surface area contributed by atoms with Crippen molar-refractivity contribution in [3.63, 3.8) is 0 Å². The molecule has 13 heteroatoms. The Labute approximate surface area is 259 Å². The van der Waals surface area contributed by atoms with Crippen LogP contribution in [0.25, 0.3) is 0 Å². The van der Waals surface area contributed by atoms with Crippen molar-refractivity contribution in [2.24, 2.45) is 11.3 Å². The lowest BCUT2D eigenvalue weighted by atomic mass is 10.00.